The number of hydrogen-bond donors (Lipinski definition) is 7. The van der Waals surface area contributed by atoms with E-state index in [1.54, 1.807) is 0 Å². The molecule has 10 heteroatoms. The molecule has 1 amide bonds. The monoisotopic (exact) mass is 309 g/mol. The van der Waals surface area contributed by atoms with Gasteiger partial charge in [-0.2, -0.15) is 0 Å². The number of aliphatic hydroxyl groups is 5. The first-order valence-corrected chi connectivity index (χ1v) is 6.18. The van der Waals surface area contributed by atoms with Gasteiger partial charge in [-0.3, -0.25) is 4.79 Å². The second-order valence-corrected chi connectivity index (χ2v) is 4.91. The average Bonchev–Trinajstić information content (AvgIpc) is 2.39. The number of carbonyl (C=O) groups is 2. The van der Waals surface area contributed by atoms with Crippen molar-refractivity contribution in [1.82, 2.24) is 5.32 Å². The summed E-state index contributed by atoms with van der Waals surface area (Å²) in [6, 6.07) is -1.27. The number of hydrogen-bond acceptors (Lipinski definition) is 8. The van der Waals surface area contributed by atoms with Gasteiger partial charge in [0.15, 0.2) is 0 Å². The lowest BCUT2D eigenvalue weighted by atomic mass is 9.88. The summed E-state index contributed by atoms with van der Waals surface area (Å²) in [5, 5.41) is 59.0. The second kappa shape index (κ2) is 6.64. The Labute approximate surface area is 119 Å². The van der Waals surface area contributed by atoms with E-state index in [0.717, 1.165) is 6.92 Å². The Bertz CT molecular complexity index is 403. The molecule has 1 aliphatic heterocycles. The lowest BCUT2D eigenvalue weighted by molar-refractivity contribution is -0.295. The fourth-order valence-corrected chi connectivity index (χ4v) is 2.14. The third-order valence-electron chi connectivity index (χ3n) is 3.21. The summed E-state index contributed by atoms with van der Waals surface area (Å²) in [7, 11) is 0. The molecule has 1 fully saturated rings. The van der Waals surface area contributed by atoms with Crippen molar-refractivity contribution in [2.45, 2.75) is 49.6 Å². The molecule has 21 heavy (non-hydrogen) atoms. The summed E-state index contributed by atoms with van der Waals surface area (Å²) in [6.07, 6.45) is -7.48. The summed E-state index contributed by atoms with van der Waals surface area (Å²) in [5.41, 5.74) is 0. The number of carboxylic acid groups (broad SMARTS) is 1. The predicted molar refractivity (Wildman–Crippen MR) is 64.8 cm³/mol. The highest BCUT2D eigenvalue weighted by Crippen LogP contribution is 2.30. The van der Waals surface area contributed by atoms with Crippen molar-refractivity contribution in [2.24, 2.45) is 0 Å². The molecule has 0 saturated carbocycles. The Morgan fingerprint density at radius 2 is 2.00 bits per heavy atom. The SMILES string of the molecule is CC(=O)N[C@@H]1[C@@H](O)CC(O)(C(=O)O)O[C@H]1C(O)[C@H](O)CO. The predicted octanol–water partition coefficient (Wildman–Crippen LogP) is -3.87. The first-order chi connectivity index (χ1) is 9.62. The number of amides is 1. The summed E-state index contributed by atoms with van der Waals surface area (Å²) in [4.78, 5) is 22.1. The van der Waals surface area contributed by atoms with Crippen LogP contribution < -0.4 is 5.32 Å². The van der Waals surface area contributed by atoms with E-state index in [1.165, 1.54) is 0 Å². The maximum Gasteiger partial charge on any atom is 0.364 e. The average molecular weight is 309 g/mol. The zero-order valence-corrected chi connectivity index (χ0v) is 11.2. The molecule has 1 rings (SSSR count). The van der Waals surface area contributed by atoms with Crippen LogP contribution in [0.1, 0.15) is 13.3 Å². The molecule has 6 atom stereocenters. The van der Waals surface area contributed by atoms with Gasteiger partial charge in [-0.05, 0) is 0 Å². The van der Waals surface area contributed by atoms with Crippen molar-refractivity contribution < 1.29 is 45.0 Å². The van der Waals surface area contributed by atoms with Gasteiger partial charge in [-0.15, -0.1) is 0 Å². The van der Waals surface area contributed by atoms with Gasteiger partial charge in [0.05, 0.1) is 18.8 Å². The highest BCUT2D eigenvalue weighted by atomic mass is 16.7. The lowest BCUT2D eigenvalue weighted by Crippen LogP contribution is -2.67. The van der Waals surface area contributed by atoms with Gasteiger partial charge in [-0.25, -0.2) is 4.79 Å². The molecule has 0 aromatic rings. The van der Waals surface area contributed by atoms with E-state index in [1.807, 2.05) is 0 Å². The van der Waals surface area contributed by atoms with Crippen molar-refractivity contribution in [3.05, 3.63) is 0 Å². The van der Waals surface area contributed by atoms with E-state index in [0.29, 0.717) is 0 Å². The van der Waals surface area contributed by atoms with E-state index in [4.69, 9.17) is 14.9 Å². The Morgan fingerprint density at radius 1 is 1.43 bits per heavy atom. The highest BCUT2D eigenvalue weighted by Gasteiger charge is 2.53. The van der Waals surface area contributed by atoms with Crippen LogP contribution >= 0.6 is 0 Å². The molecular weight excluding hydrogens is 290 g/mol. The summed E-state index contributed by atoms with van der Waals surface area (Å²) in [5.74, 6) is -5.17. The molecule has 1 heterocycles. The topological polar surface area (TPSA) is 177 Å². The number of carbonyl (C=O) groups excluding carboxylic acids is 1. The van der Waals surface area contributed by atoms with Crippen LogP contribution in [0.5, 0.6) is 0 Å². The molecule has 0 aromatic heterocycles. The summed E-state index contributed by atoms with van der Waals surface area (Å²) < 4.78 is 4.86. The largest absolute Gasteiger partial charge is 0.477 e. The van der Waals surface area contributed by atoms with Crippen LogP contribution in [0.3, 0.4) is 0 Å². The van der Waals surface area contributed by atoms with Crippen LogP contribution in [0, 0.1) is 0 Å². The Hall–Kier alpha value is -1.30. The Morgan fingerprint density at radius 3 is 2.43 bits per heavy atom. The molecule has 0 radical (unpaired) electrons. The van der Waals surface area contributed by atoms with Crippen molar-refractivity contribution in [1.29, 1.82) is 0 Å². The standard InChI is InChI=1S/C11H19NO9/c1-4(14)12-7-5(15)2-11(20,10(18)19)21-9(7)8(17)6(16)3-13/h5-9,13,15-17,20H,2-3H2,1H3,(H,12,14)(H,18,19)/t5-,6+,7+,8?,9+,11?/m0/s1. The fraction of sp³-hybridized carbons (Fsp3) is 0.818. The molecule has 122 valence electrons. The second-order valence-electron chi connectivity index (χ2n) is 4.91. The van der Waals surface area contributed by atoms with Crippen LogP contribution in [0.15, 0.2) is 0 Å². The molecule has 0 bridgehead atoms. The number of nitrogens with one attached hydrogen (secondary N) is 1. The van der Waals surface area contributed by atoms with Crippen molar-refractivity contribution in [2.75, 3.05) is 6.61 Å². The van der Waals surface area contributed by atoms with Gasteiger partial charge in [0.1, 0.15) is 18.3 Å². The number of ether oxygens (including phenoxy) is 1. The minimum atomic E-state index is -2.78. The Kier molecular flexibility index (Phi) is 5.61. The Balaban J connectivity index is 3.07. The number of aliphatic carboxylic acids is 1. The van der Waals surface area contributed by atoms with E-state index >= 15 is 0 Å². The first kappa shape index (κ1) is 17.8. The quantitative estimate of drug-likeness (QED) is 0.268. The lowest BCUT2D eigenvalue weighted by Gasteiger charge is -2.44. The highest BCUT2D eigenvalue weighted by molar-refractivity contribution is 5.76. The smallest absolute Gasteiger partial charge is 0.364 e. The van der Waals surface area contributed by atoms with Crippen molar-refractivity contribution >= 4 is 11.9 Å². The van der Waals surface area contributed by atoms with Crippen molar-refractivity contribution in [3.8, 4) is 0 Å². The van der Waals surface area contributed by atoms with E-state index in [-0.39, 0.29) is 0 Å². The fourth-order valence-electron chi connectivity index (χ4n) is 2.14. The van der Waals surface area contributed by atoms with Gasteiger partial charge in [0, 0.05) is 13.3 Å². The minimum absolute atomic E-state index is 0.598. The minimum Gasteiger partial charge on any atom is -0.477 e. The van der Waals surface area contributed by atoms with Gasteiger partial charge in [0.25, 0.3) is 5.79 Å². The summed E-state index contributed by atoms with van der Waals surface area (Å²) in [6.45, 7) is 0.256. The molecule has 0 aliphatic carbocycles. The molecule has 0 spiro atoms. The molecule has 0 aromatic carbocycles. The maximum absolute atomic E-state index is 11.1. The number of carboxylic acids is 1. The van der Waals surface area contributed by atoms with E-state index in [2.05, 4.69) is 5.32 Å². The molecule has 1 saturated heterocycles. The van der Waals surface area contributed by atoms with Gasteiger partial charge in [0.2, 0.25) is 5.91 Å². The molecule has 7 N–H and O–H groups in total. The normalized spacial score (nSPS) is 35.8. The summed E-state index contributed by atoms with van der Waals surface area (Å²) >= 11 is 0. The first-order valence-electron chi connectivity index (χ1n) is 6.18. The van der Waals surface area contributed by atoms with Gasteiger partial charge in [-0.1, -0.05) is 0 Å². The maximum atomic E-state index is 11.1. The van der Waals surface area contributed by atoms with E-state index in [9.17, 15) is 30.0 Å². The van der Waals surface area contributed by atoms with Crippen LogP contribution in [0.2, 0.25) is 0 Å². The van der Waals surface area contributed by atoms with Crippen LogP contribution in [0.25, 0.3) is 0 Å². The number of aliphatic hydroxyl groups excluding tert-OH is 4. The van der Waals surface area contributed by atoms with Gasteiger partial charge < -0.3 is 40.7 Å². The van der Waals surface area contributed by atoms with Crippen LogP contribution in [-0.4, -0.2) is 85.4 Å². The van der Waals surface area contributed by atoms with Crippen LogP contribution in [0.4, 0.5) is 0 Å². The molecule has 10 nitrogen and oxygen atoms in total. The van der Waals surface area contributed by atoms with Crippen LogP contribution in [-0.2, 0) is 14.3 Å². The molecule has 1 aliphatic rings. The molecule has 2 unspecified atom stereocenters. The van der Waals surface area contributed by atoms with Gasteiger partial charge >= 0.3 is 5.97 Å². The van der Waals surface area contributed by atoms with Crippen molar-refractivity contribution in [3.63, 3.8) is 0 Å². The van der Waals surface area contributed by atoms with E-state index < -0.39 is 61.1 Å². The zero-order chi connectivity index (χ0) is 16.4. The number of rotatable bonds is 5. The molecular formula is C11H19NO9. The zero-order valence-electron chi connectivity index (χ0n) is 11.2. The third kappa shape index (κ3) is 3.87. The third-order valence-corrected chi connectivity index (χ3v) is 3.21.